The summed E-state index contributed by atoms with van der Waals surface area (Å²) in [5, 5.41) is 0. The van der Waals surface area contributed by atoms with Crippen molar-refractivity contribution < 1.29 is 10.7 Å². The van der Waals surface area contributed by atoms with Crippen LogP contribution in [0.4, 0.5) is 10.7 Å². The molecule has 0 amide bonds. The van der Waals surface area contributed by atoms with Crippen molar-refractivity contribution >= 4 is 18.7 Å². The van der Waals surface area contributed by atoms with Crippen LogP contribution in [0, 0.1) is 0 Å². The second kappa shape index (κ2) is 5.56. The molecule has 1 aromatic carbocycles. The molecule has 22 heavy (non-hydrogen) atoms. The van der Waals surface area contributed by atoms with E-state index in [9.17, 15) is 10.7 Å². The third kappa shape index (κ3) is 4.29. The minimum absolute atomic E-state index is 0.173. The molecule has 0 nitrogen and oxygen atoms in total. The fraction of sp³-hybridized carbons (Fsp3) is 0.667. The van der Waals surface area contributed by atoms with Crippen molar-refractivity contribution in [2.75, 3.05) is 0 Å². The molecule has 1 aromatic rings. The third-order valence-electron chi connectivity index (χ3n) is 3.80. The molecule has 0 aliphatic rings. The van der Waals surface area contributed by atoms with Crippen LogP contribution >= 0.6 is 0 Å². The molecular formula is C18H29F3Se. The van der Waals surface area contributed by atoms with E-state index < -0.39 is 25.0 Å². The van der Waals surface area contributed by atoms with E-state index in [4.69, 9.17) is 0 Å². The maximum atomic E-state index is 14.0. The second-order valence-corrected chi connectivity index (χ2v) is 11.6. The van der Waals surface area contributed by atoms with Gasteiger partial charge in [0.25, 0.3) is 0 Å². The fourth-order valence-electron chi connectivity index (χ4n) is 2.43. The molecule has 0 N–H and O–H groups in total. The molecule has 0 aliphatic carbocycles. The Kier molecular flexibility index (Phi) is 4.95. The Bertz CT molecular complexity index is 515. The van der Waals surface area contributed by atoms with E-state index in [1.54, 1.807) is 12.1 Å². The molecule has 0 aliphatic heterocycles. The van der Waals surface area contributed by atoms with Gasteiger partial charge in [-0.3, -0.25) is 0 Å². The van der Waals surface area contributed by atoms with Gasteiger partial charge in [-0.15, -0.1) is 0 Å². The van der Waals surface area contributed by atoms with Crippen LogP contribution in [-0.2, 0) is 16.2 Å². The molecule has 0 bridgehead atoms. The van der Waals surface area contributed by atoms with Crippen molar-refractivity contribution in [1.29, 1.82) is 0 Å². The van der Waals surface area contributed by atoms with Gasteiger partial charge in [-0.25, -0.2) is 0 Å². The van der Waals surface area contributed by atoms with Crippen LogP contribution in [0.25, 0.3) is 0 Å². The average Bonchev–Trinajstić information content (AvgIpc) is 2.22. The van der Waals surface area contributed by atoms with Crippen LogP contribution in [0.2, 0.25) is 0 Å². The van der Waals surface area contributed by atoms with Crippen molar-refractivity contribution in [2.24, 2.45) is 0 Å². The Labute approximate surface area is 137 Å². The zero-order chi connectivity index (χ0) is 17.7. The molecule has 0 radical (unpaired) electrons. The summed E-state index contributed by atoms with van der Waals surface area (Å²) in [5.74, 6) is 0. The Morgan fingerprint density at radius 2 is 0.955 bits per heavy atom. The summed E-state index contributed by atoms with van der Waals surface area (Å²) < 4.78 is 41.6. The molecule has 0 heterocycles. The number of hydrogen-bond donors (Lipinski definition) is 0. The van der Waals surface area contributed by atoms with E-state index in [-0.39, 0.29) is 9.88 Å². The van der Waals surface area contributed by atoms with Gasteiger partial charge in [0, 0.05) is 0 Å². The van der Waals surface area contributed by atoms with Gasteiger partial charge in [0.1, 0.15) is 0 Å². The van der Waals surface area contributed by atoms with Crippen molar-refractivity contribution in [1.82, 2.24) is 0 Å². The van der Waals surface area contributed by atoms with Crippen molar-refractivity contribution in [2.45, 2.75) is 78.6 Å². The van der Waals surface area contributed by atoms with E-state index in [0.29, 0.717) is 11.1 Å². The predicted octanol–water partition coefficient (Wildman–Crippen LogP) is 5.63. The van der Waals surface area contributed by atoms with Gasteiger partial charge < -0.3 is 0 Å². The monoisotopic (exact) mass is 382 g/mol. The fourth-order valence-corrected chi connectivity index (χ4v) is 5.00. The summed E-state index contributed by atoms with van der Waals surface area (Å²) in [4.78, 5) is 0. The topological polar surface area (TPSA) is 0 Å². The molecule has 128 valence electrons. The molecule has 4 heteroatoms. The zero-order valence-corrected chi connectivity index (χ0v) is 16.9. The van der Waals surface area contributed by atoms with Gasteiger partial charge >= 0.3 is 137 Å². The number of hydrogen-bond acceptors (Lipinski definition) is 0. The minimum atomic E-state index is -6.12. The summed E-state index contributed by atoms with van der Waals surface area (Å²) in [5.41, 5.74) is 0.669. The second-order valence-electron chi connectivity index (χ2n) is 9.06. The van der Waals surface area contributed by atoms with Gasteiger partial charge in [0.15, 0.2) is 0 Å². The maximum absolute atomic E-state index is 14.0. The van der Waals surface area contributed by atoms with E-state index in [1.165, 1.54) is 0 Å². The molecule has 0 aromatic heterocycles. The third-order valence-corrected chi connectivity index (χ3v) is 5.70. The van der Waals surface area contributed by atoms with E-state index >= 15 is 0 Å². The van der Waals surface area contributed by atoms with Crippen molar-refractivity contribution in [3.8, 4) is 0 Å². The number of halogens is 3. The first-order valence-corrected chi connectivity index (χ1v) is 10.4. The SMILES string of the molecule is CC(C)(C)c1cc(C(C)(C)C)c([Se](F)(F)F)c(C(C)(C)C)c1. The van der Waals surface area contributed by atoms with Crippen molar-refractivity contribution in [3.05, 3.63) is 28.8 Å². The average molecular weight is 381 g/mol. The van der Waals surface area contributed by atoms with E-state index in [1.807, 2.05) is 62.3 Å². The molecule has 0 atom stereocenters. The quantitative estimate of drug-likeness (QED) is 0.553. The molecule has 0 spiro atoms. The van der Waals surface area contributed by atoms with E-state index in [0.717, 1.165) is 5.56 Å². The number of rotatable bonds is 1. The van der Waals surface area contributed by atoms with Crippen LogP contribution in [-0.4, -0.2) is 14.2 Å². The Balaban J connectivity index is 3.96. The molecule has 0 unspecified atom stereocenters. The Morgan fingerprint density at radius 3 is 1.14 bits per heavy atom. The summed E-state index contributed by atoms with van der Waals surface area (Å²) in [6, 6.07) is 3.57. The zero-order valence-electron chi connectivity index (χ0n) is 15.2. The van der Waals surface area contributed by atoms with Crippen LogP contribution in [0.1, 0.15) is 79.0 Å². The summed E-state index contributed by atoms with van der Waals surface area (Å²) in [6.45, 7) is 17.4. The van der Waals surface area contributed by atoms with Crippen LogP contribution in [0.5, 0.6) is 0 Å². The Hall–Kier alpha value is -0.471. The van der Waals surface area contributed by atoms with Gasteiger partial charge in [-0.2, -0.15) is 0 Å². The first-order chi connectivity index (χ1) is 9.45. The van der Waals surface area contributed by atoms with Gasteiger partial charge in [0.2, 0.25) is 0 Å². The molecule has 0 saturated carbocycles. The normalized spacial score (nSPS) is 15.1. The first-order valence-electron chi connectivity index (χ1n) is 7.57. The Morgan fingerprint density at radius 1 is 0.636 bits per heavy atom. The summed E-state index contributed by atoms with van der Waals surface area (Å²) in [6.07, 6.45) is 0. The van der Waals surface area contributed by atoms with Gasteiger partial charge in [-0.05, 0) is 0 Å². The van der Waals surface area contributed by atoms with Gasteiger partial charge in [0.05, 0.1) is 0 Å². The van der Waals surface area contributed by atoms with Crippen LogP contribution in [0.3, 0.4) is 0 Å². The first kappa shape index (κ1) is 19.6. The van der Waals surface area contributed by atoms with Crippen LogP contribution < -0.4 is 4.46 Å². The standard InChI is InChI=1S/C18H29F3Se/c1-16(2,3)12-10-13(17(4,5)6)15(22(19,20)21)14(11-12)18(7,8)9/h10-11H,1-9H3. The molecular weight excluding hydrogens is 352 g/mol. The number of benzene rings is 1. The van der Waals surface area contributed by atoms with Crippen LogP contribution in [0.15, 0.2) is 12.1 Å². The molecule has 1 rings (SSSR count). The molecule has 0 saturated heterocycles. The van der Waals surface area contributed by atoms with Crippen molar-refractivity contribution in [3.63, 3.8) is 0 Å². The molecule has 0 fully saturated rings. The predicted molar refractivity (Wildman–Crippen MR) is 91.3 cm³/mol. The summed E-state index contributed by atoms with van der Waals surface area (Å²) in [7, 11) is 0. The summed E-state index contributed by atoms with van der Waals surface area (Å²) >= 11 is -6.12. The van der Waals surface area contributed by atoms with E-state index in [2.05, 4.69) is 0 Å². The van der Waals surface area contributed by atoms with Gasteiger partial charge in [-0.1, -0.05) is 0 Å².